The normalized spacial score (nSPS) is 16.1. The summed E-state index contributed by atoms with van der Waals surface area (Å²) in [6.07, 6.45) is 1.70. The number of aliphatic carboxylic acids is 1. The lowest BCUT2D eigenvalue weighted by Crippen LogP contribution is -2.56. The van der Waals surface area contributed by atoms with E-state index in [-0.39, 0.29) is 31.3 Å². The van der Waals surface area contributed by atoms with Crippen LogP contribution in [0.25, 0.3) is 0 Å². The Morgan fingerprint density at radius 1 is 1.03 bits per heavy atom. The van der Waals surface area contributed by atoms with Crippen molar-refractivity contribution in [2.45, 2.75) is 50.2 Å². The minimum absolute atomic E-state index is 0.0991. The van der Waals surface area contributed by atoms with E-state index in [0.29, 0.717) is 31.4 Å². The van der Waals surface area contributed by atoms with Crippen LogP contribution in [0, 0.1) is 3.57 Å². The van der Waals surface area contributed by atoms with Crippen molar-refractivity contribution in [3.63, 3.8) is 0 Å². The average molecular weight is 649 g/mol. The lowest BCUT2D eigenvalue weighted by Gasteiger charge is -2.27. The van der Waals surface area contributed by atoms with Gasteiger partial charge in [-0.05, 0) is 78.1 Å². The monoisotopic (exact) mass is 648 g/mol. The molecule has 2 aromatic rings. The molecule has 12 heteroatoms. The first-order chi connectivity index (χ1) is 18.7. The van der Waals surface area contributed by atoms with Crippen LogP contribution in [-0.2, 0) is 20.8 Å². The number of hydrogen-bond donors (Lipinski definition) is 5. The van der Waals surface area contributed by atoms with Crippen LogP contribution in [0.1, 0.15) is 41.6 Å². The molecule has 0 unspecified atom stereocenters. The minimum Gasteiger partial charge on any atom is -0.480 e. The third kappa shape index (κ3) is 8.94. The quantitative estimate of drug-likeness (QED) is 0.0994. The van der Waals surface area contributed by atoms with Crippen molar-refractivity contribution in [3.05, 3.63) is 69.3 Å². The van der Waals surface area contributed by atoms with Crippen molar-refractivity contribution < 1.29 is 24.3 Å². The molecule has 3 amide bonds. The van der Waals surface area contributed by atoms with Gasteiger partial charge in [-0.3, -0.25) is 19.4 Å². The topological polar surface area (TPSA) is 180 Å². The largest absolute Gasteiger partial charge is 0.480 e. The van der Waals surface area contributed by atoms with Crippen LogP contribution in [0.4, 0.5) is 0 Å². The van der Waals surface area contributed by atoms with E-state index in [9.17, 15) is 24.3 Å². The highest BCUT2D eigenvalue weighted by Crippen LogP contribution is 2.21. The fraction of sp³-hybridized carbons (Fsp3) is 0.370. The first kappa shape index (κ1) is 29.9. The molecular formula is C27H33IN6O5. The van der Waals surface area contributed by atoms with Crippen molar-refractivity contribution in [2.75, 3.05) is 13.1 Å². The molecule has 208 valence electrons. The van der Waals surface area contributed by atoms with Crippen LogP contribution < -0.4 is 22.1 Å². The molecule has 0 spiro atoms. The zero-order valence-electron chi connectivity index (χ0n) is 21.4. The highest BCUT2D eigenvalue weighted by Gasteiger charge is 2.36. The van der Waals surface area contributed by atoms with Gasteiger partial charge in [-0.15, -0.1) is 0 Å². The van der Waals surface area contributed by atoms with Gasteiger partial charge in [0.05, 0.1) is 0 Å². The Morgan fingerprint density at radius 3 is 2.36 bits per heavy atom. The Bertz CT molecular complexity index is 1190. The first-order valence-electron chi connectivity index (χ1n) is 12.6. The molecule has 3 rings (SSSR count). The number of nitrogens with two attached hydrogens (primary N) is 2. The summed E-state index contributed by atoms with van der Waals surface area (Å²) in [5.41, 5.74) is 11.9. The second kappa shape index (κ2) is 14.5. The fourth-order valence-electron chi connectivity index (χ4n) is 4.40. The van der Waals surface area contributed by atoms with Crippen molar-refractivity contribution in [1.82, 2.24) is 15.5 Å². The summed E-state index contributed by atoms with van der Waals surface area (Å²) in [6.45, 7) is 0.646. The third-order valence-electron chi connectivity index (χ3n) is 6.38. The second-order valence-electron chi connectivity index (χ2n) is 9.26. The number of benzene rings is 2. The number of nitrogens with zero attached hydrogens (tertiary/aromatic N) is 2. The Hall–Kier alpha value is -3.68. The van der Waals surface area contributed by atoms with E-state index in [1.54, 1.807) is 12.1 Å². The summed E-state index contributed by atoms with van der Waals surface area (Å²) in [5.74, 6) is -2.64. The van der Waals surface area contributed by atoms with Gasteiger partial charge in [0.25, 0.3) is 5.91 Å². The van der Waals surface area contributed by atoms with Gasteiger partial charge in [-0.2, -0.15) is 0 Å². The van der Waals surface area contributed by atoms with E-state index in [0.717, 1.165) is 9.13 Å². The number of rotatable bonds is 12. The summed E-state index contributed by atoms with van der Waals surface area (Å²) in [7, 11) is 0. The van der Waals surface area contributed by atoms with Gasteiger partial charge in [0.1, 0.15) is 18.1 Å². The van der Waals surface area contributed by atoms with Gasteiger partial charge in [0, 0.05) is 28.6 Å². The summed E-state index contributed by atoms with van der Waals surface area (Å²) >= 11 is 2.16. The smallest absolute Gasteiger partial charge is 0.326 e. The van der Waals surface area contributed by atoms with Crippen LogP contribution in [0.2, 0.25) is 0 Å². The average Bonchev–Trinajstić information content (AvgIpc) is 3.40. The molecule has 1 saturated heterocycles. The number of carboxylic acid groups (broad SMARTS) is 1. The standard InChI is InChI=1S/C27H33IN6O5/c28-19-12-10-18(11-13-19)25(37)34-15-5-9-22(34)24(36)33-21(16-17-6-2-1-3-7-17)23(35)32-20(26(38)39)8-4-14-31-27(29)30/h1-3,6-7,10-13,20-22H,4-5,8-9,14-16H2,(H,32,35)(H,33,36)(H,38,39)(H4,29,30,31)/t20-,21-,22-/m0/s1. The highest BCUT2D eigenvalue weighted by atomic mass is 127. The van der Waals surface area contributed by atoms with Crippen molar-refractivity contribution >= 4 is 52.2 Å². The van der Waals surface area contributed by atoms with Crippen LogP contribution in [0.15, 0.2) is 59.6 Å². The summed E-state index contributed by atoms with van der Waals surface area (Å²) in [6, 6.07) is 13.2. The van der Waals surface area contributed by atoms with Gasteiger partial charge >= 0.3 is 5.97 Å². The van der Waals surface area contributed by atoms with E-state index in [1.165, 1.54) is 4.90 Å². The van der Waals surface area contributed by atoms with Gasteiger partial charge in [-0.25, -0.2) is 4.79 Å². The number of carbonyl (C=O) groups is 4. The zero-order valence-corrected chi connectivity index (χ0v) is 23.5. The van der Waals surface area contributed by atoms with Gasteiger partial charge < -0.3 is 32.1 Å². The predicted molar refractivity (Wildman–Crippen MR) is 155 cm³/mol. The van der Waals surface area contributed by atoms with E-state index in [4.69, 9.17) is 11.5 Å². The van der Waals surface area contributed by atoms with E-state index in [2.05, 4.69) is 38.2 Å². The molecular weight excluding hydrogens is 615 g/mol. The zero-order chi connectivity index (χ0) is 28.4. The van der Waals surface area contributed by atoms with Crippen molar-refractivity contribution in [3.8, 4) is 0 Å². The molecule has 39 heavy (non-hydrogen) atoms. The molecule has 3 atom stereocenters. The molecule has 1 aliphatic heterocycles. The number of aliphatic imine (C=N–C) groups is 1. The Kier molecular flexibility index (Phi) is 11.1. The molecule has 0 bridgehead atoms. The van der Waals surface area contributed by atoms with Crippen LogP contribution >= 0.6 is 22.6 Å². The second-order valence-corrected chi connectivity index (χ2v) is 10.5. The number of carbonyl (C=O) groups excluding carboxylic acids is 3. The SMILES string of the molecule is NC(N)=NCCC[C@H](NC(=O)[C@H](Cc1ccccc1)NC(=O)[C@@H]1CCCN1C(=O)c1ccc(I)cc1)C(=O)O. The van der Waals surface area contributed by atoms with Gasteiger partial charge in [-0.1, -0.05) is 30.3 Å². The lowest BCUT2D eigenvalue weighted by atomic mass is 10.0. The highest BCUT2D eigenvalue weighted by molar-refractivity contribution is 14.1. The number of nitrogens with one attached hydrogen (secondary N) is 2. The van der Waals surface area contributed by atoms with Gasteiger partial charge in [0.15, 0.2) is 5.96 Å². The van der Waals surface area contributed by atoms with Crippen LogP contribution in [0.5, 0.6) is 0 Å². The Balaban J connectivity index is 1.73. The Morgan fingerprint density at radius 2 is 1.72 bits per heavy atom. The number of amides is 3. The van der Waals surface area contributed by atoms with E-state index < -0.39 is 35.9 Å². The minimum atomic E-state index is -1.21. The molecule has 1 heterocycles. The molecule has 0 radical (unpaired) electrons. The maximum atomic E-state index is 13.4. The number of guanidine groups is 1. The predicted octanol–water partition coefficient (Wildman–Crippen LogP) is 1.25. The maximum Gasteiger partial charge on any atom is 0.326 e. The summed E-state index contributed by atoms with van der Waals surface area (Å²) < 4.78 is 0.991. The number of halogens is 1. The molecule has 1 aliphatic rings. The molecule has 11 nitrogen and oxygen atoms in total. The molecule has 0 aliphatic carbocycles. The van der Waals surface area contributed by atoms with Crippen molar-refractivity contribution in [1.29, 1.82) is 0 Å². The molecule has 7 N–H and O–H groups in total. The first-order valence-corrected chi connectivity index (χ1v) is 13.7. The van der Waals surface area contributed by atoms with E-state index in [1.807, 2.05) is 42.5 Å². The number of hydrogen-bond acceptors (Lipinski definition) is 5. The third-order valence-corrected chi connectivity index (χ3v) is 7.10. The molecule has 1 fully saturated rings. The molecule has 2 aromatic carbocycles. The Labute approximate surface area is 240 Å². The van der Waals surface area contributed by atoms with Crippen molar-refractivity contribution in [2.24, 2.45) is 16.5 Å². The summed E-state index contributed by atoms with van der Waals surface area (Å²) in [4.78, 5) is 57.0. The number of carboxylic acids is 1. The van der Waals surface area contributed by atoms with E-state index >= 15 is 0 Å². The fourth-order valence-corrected chi connectivity index (χ4v) is 4.76. The lowest BCUT2D eigenvalue weighted by molar-refractivity contribution is -0.142. The molecule has 0 aromatic heterocycles. The van der Waals surface area contributed by atoms with Crippen LogP contribution in [0.3, 0.4) is 0 Å². The maximum absolute atomic E-state index is 13.4. The van der Waals surface area contributed by atoms with Gasteiger partial charge in [0.2, 0.25) is 11.8 Å². The molecule has 0 saturated carbocycles. The number of likely N-dealkylation sites (tertiary alicyclic amines) is 1. The summed E-state index contributed by atoms with van der Waals surface area (Å²) in [5, 5.41) is 15.0. The van der Waals surface area contributed by atoms with Crippen LogP contribution in [-0.4, -0.2) is 70.9 Å².